The molecule has 0 unspecified atom stereocenters. The summed E-state index contributed by atoms with van der Waals surface area (Å²) in [6.45, 7) is 1.36. The number of halogens is 5. The zero-order valence-electron chi connectivity index (χ0n) is 8.70. The van der Waals surface area contributed by atoms with Crippen LogP contribution in [0.25, 0.3) is 10.8 Å². The van der Waals surface area contributed by atoms with Gasteiger partial charge < -0.3 is 0 Å². The minimum Gasteiger partial charge on any atom is -0.205 e. The van der Waals surface area contributed by atoms with Crippen LogP contribution in [0.15, 0.2) is 22.7 Å². The van der Waals surface area contributed by atoms with Crippen LogP contribution in [0, 0.1) is 18.6 Å². The topological polar surface area (TPSA) is 0 Å². The molecule has 0 aliphatic heterocycles. The zero-order chi connectivity index (χ0) is 12.7. The van der Waals surface area contributed by atoms with E-state index in [4.69, 9.17) is 0 Å². The smallest absolute Gasteiger partial charge is 0.205 e. The molecule has 0 saturated heterocycles. The van der Waals surface area contributed by atoms with Crippen molar-refractivity contribution < 1.29 is 17.6 Å². The largest absolute Gasteiger partial charge is 0.267 e. The molecule has 0 bridgehead atoms. The molecule has 0 N–H and O–H groups in total. The fraction of sp³-hybridized carbons (Fsp3) is 0.167. The highest BCUT2D eigenvalue weighted by Crippen LogP contribution is 2.34. The van der Waals surface area contributed by atoms with Gasteiger partial charge in [0.25, 0.3) is 6.43 Å². The standard InChI is InChI=1S/C12H7BrF4/c1-5-7-3-2-6(13)4-8(7)10(14)11(15)9(5)12(16)17/h2-4,12H,1H3. The molecule has 0 saturated carbocycles. The van der Waals surface area contributed by atoms with Gasteiger partial charge in [-0.2, -0.15) is 0 Å². The van der Waals surface area contributed by atoms with Crippen molar-refractivity contribution in [1.82, 2.24) is 0 Å². The monoisotopic (exact) mass is 306 g/mol. The van der Waals surface area contributed by atoms with Gasteiger partial charge in [0.05, 0.1) is 5.56 Å². The van der Waals surface area contributed by atoms with Crippen molar-refractivity contribution in [2.24, 2.45) is 0 Å². The lowest BCUT2D eigenvalue weighted by Crippen LogP contribution is -2.01. The van der Waals surface area contributed by atoms with Gasteiger partial charge in [-0.25, -0.2) is 17.6 Å². The second-order valence-corrected chi connectivity index (χ2v) is 4.57. The molecule has 5 heteroatoms. The molecule has 2 aromatic rings. The normalized spacial score (nSPS) is 11.5. The van der Waals surface area contributed by atoms with E-state index in [0.717, 1.165) is 0 Å². The molecule has 0 nitrogen and oxygen atoms in total. The zero-order valence-corrected chi connectivity index (χ0v) is 10.3. The van der Waals surface area contributed by atoms with E-state index >= 15 is 0 Å². The minimum absolute atomic E-state index is 0.00113. The van der Waals surface area contributed by atoms with Crippen molar-refractivity contribution in [3.63, 3.8) is 0 Å². The molecule has 90 valence electrons. The third-order valence-electron chi connectivity index (χ3n) is 2.67. The first kappa shape index (κ1) is 12.4. The van der Waals surface area contributed by atoms with Crippen molar-refractivity contribution >= 4 is 26.7 Å². The third-order valence-corrected chi connectivity index (χ3v) is 3.17. The number of fused-ring (bicyclic) bond motifs is 1. The van der Waals surface area contributed by atoms with E-state index < -0.39 is 23.6 Å². The second kappa shape index (κ2) is 4.29. The summed E-state index contributed by atoms with van der Waals surface area (Å²) in [5.41, 5.74) is -0.793. The number of hydrogen-bond donors (Lipinski definition) is 0. The number of alkyl halides is 2. The Morgan fingerprint density at radius 1 is 1.06 bits per heavy atom. The summed E-state index contributed by atoms with van der Waals surface area (Å²) in [4.78, 5) is 0. The van der Waals surface area contributed by atoms with Crippen LogP contribution >= 0.6 is 15.9 Å². The maximum atomic E-state index is 13.6. The molecule has 0 radical (unpaired) electrons. The Morgan fingerprint density at radius 3 is 2.29 bits per heavy atom. The summed E-state index contributed by atoms with van der Waals surface area (Å²) in [6, 6.07) is 4.46. The molecule has 0 aliphatic rings. The quantitative estimate of drug-likeness (QED) is 0.641. The van der Waals surface area contributed by atoms with Gasteiger partial charge in [0, 0.05) is 9.86 Å². The summed E-state index contributed by atoms with van der Waals surface area (Å²) in [5.74, 6) is -2.70. The molecule has 2 rings (SSSR count). The summed E-state index contributed by atoms with van der Waals surface area (Å²) < 4.78 is 53.0. The van der Waals surface area contributed by atoms with Gasteiger partial charge in [-0.15, -0.1) is 0 Å². The highest BCUT2D eigenvalue weighted by atomic mass is 79.9. The molecular weight excluding hydrogens is 300 g/mol. The van der Waals surface area contributed by atoms with Gasteiger partial charge in [-0.1, -0.05) is 22.0 Å². The van der Waals surface area contributed by atoms with E-state index in [0.29, 0.717) is 9.86 Å². The Bertz CT molecular complexity index is 593. The maximum Gasteiger partial charge on any atom is 0.267 e. The van der Waals surface area contributed by atoms with Crippen LogP contribution < -0.4 is 0 Å². The van der Waals surface area contributed by atoms with Gasteiger partial charge in [0.1, 0.15) is 0 Å². The Hall–Kier alpha value is -1.10. The SMILES string of the molecule is Cc1c(C(F)F)c(F)c(F)c2cc(Br)ccc12. The summed E-state index contributed by atoms with van der Waals surface area (Å²) in [7, 11) is 0. The van der Waals surface area contributed by atoms with Crippen molar-refractivity contribution in [2.75, 3.05) is 0 Å². The number of benzene rings is 2. The third kappa shape index (κ3) is 1.92. The molecule has 0 aliphatic carbocycles. The second-order valence-electron chi connectivity index (χ2n) is 3.66. The van der Waals surface area contributed by atoms with Crippen molar-refractivity contribution in [1.29, 1.82) is 0 Å². The molecule has 0 fully saturated rings. The summed E-state index contributed by atoms with van der Waals surface area (Å²) in [5, 5.41) is 0.293. The average Bonchev–Trinajstić information content (AvgIpc) is 2.25. The first-order valence-electron chi connectivity index (χ1n) is 4.78. The Balaban J connectivity index is 2.94. The fourth-order valence-electron chi connectivity index (χ4n) is 1.83. The van der Waals surface area contributed by atoms with Crippen molar-refractivity contribution in [3.05, 3.63) is 45.4 Å². The molecular formula is C12H7BrF4. The van der Waals surface area contributed by atoms with Gasteiger partial charge >= 0.3 is 0 Å². The van der Waals surface area contributed by atoms with Crippen LogP contribution in [0.4, 0.5) is 17.6 Å². The predicted octanol–water partition coefficient (Wildman–Crippen LogP) is 5.13. The maximum absolute atomic E-state index is 13.6. The van der Waals surface area contributed by atoms with Crippen LogP contribution in [-0.2, 0) is 0 Å². The van der Waals surface area contributed by atoms with Crippen LogP contribution in [0.2, 0.25) is 0 Å². The first-order valence-corrected chi connectivity index (χ1v) is 5.57. The summed E-state index contributed by atoms with van der Waals surface area (Å²) in [6.07, 6.45) is -3.03. The number of hydrogen-bond acceptors (Lipinski definition) is 0. The molecule has 17 heavy (non-hydrogen) atoms. The molecule has 0 atom stereocenters. The lowest BCUT2D eigenvalue weighted by Gasteiger charge is -2.12. The molecule has 0 aromatic heterocycles. The van der Waals surface area contributed by atoms with E-state index in [1.807, 2.05) is 0 Å². The molecule has 2 aromatic carbocycles. The molecule has 0 amide bonds. The molecule has 0 heterocycles. The van der Waals surface area contributed by atoms with Crippen molar-refractivity contribution in [2.45, 2.75) is 13.3 Å². The van der Waals surface area contributed by atoms with Crippen LogP contribution in [0.3, 0.4) is 0 Å². The first-order chi connectivity index (χ1) is 7.93. The summed E-state index contributed by atoms with van der Waals surface area (Å²) >= 11 is 3.13. The van der Waals surface area contributed by atoms with Gasteiger partial charge in [-0.3, -0.25) is 0 Å². The fourth-order valence-corrected chi connectivity index (χ4v) is 2.19. The van der Waals surface area contributed by atoms with Crippen LogP contribution in [-0.4, -0.2) is 0 Å². The van der Waals surface area contributed by atoms with Gasteiger partial charge in [-0.05, 0) is 30.0 Å². The van der Waals surface area contributed by atoms with Gasteiger partial charge in [0.15, 0.2) is 11.6 Å². The van der Waals surface area contributed by atoms with E-state index in [9.17, 15) is 17.6 Å². The predicted molar refractivity (Wildman–Crippen MR) is 61.3 cm³/mol. The lowest BCUT2D eigenvalue weighted by atomic mass is 9.99. The molecule has 0 spiro atoms. The highest BCUT2D eigenvalue weighted by Gasteiger charge is 2.23. The van der Waals surface area contributed by atoms with E-state index in [1.165, 1.54) is 19.1 Å². The minimum atomic E-state index is -3.03. The van der Waals surface area contributed by atoms with Crippen molar-refractivity contribution in [3.8, 4) is 0 Å². The number of aryl methyl sites for hydroxylation is 1. The highest BCUT2D eigenvalue weighted by molar-refractivity contribution is 9.10. The van der Waals surface area contributed by atoms with Crippen LogP contribution in [0.1, 0.15) is 17.6 Å². The van der Waals surface area contributed by atoms with Gasteiger partial charge in [0.2, 0.25) is 0 Å². The van der Waals surface area contributed by atoms with E-state index in [2.05, 4.69) is 15.9 Å². The van der Waals surface area contributed by atoms with E-state index in [1.54, 1.807) is 6.07 Å². The average molecular weight is 307 g/mol. The number of rotatable bonds is 1. The Morgan fingerprint density at radius 2 is 1.71 bits per heavy atom. The Kier molecular flexibility index (Phi) is 3.12. The Labute approximate surface area is 103 Å². The van der Waals surface area contributed by atoms with E-state index in [-0.39, 0.29) is 10.9 Å². The lowest BCUT2D eigenvalue weighted by molar-refractivity contribution is 0.144. The van der Waals surface area contributed by atoms with Crippen LogP contribution in [0.5, 0.6) is 0 Å².